The Labute approximate surface area is 170 Å². The zero-order valence-corrected chi connectivity index (χ0v) is 15.9. The van der Waals surface area contributed by atoms with E-state index in [1.165, 1.54) is 30.0 Å². The van der Waals surface area contributed by atoms with E-state index in [1.807, 2.05) is 6.07 Å². The molecule has 1 aromatic heterocycles. The number of carboxylic acid groups (broad SMARTS) is 1. The van der Waals surface area contributed by atoms with Gasteiger partial charge in [-0.15, -0.1) is 0 Å². The van der Waals surface area contributed by atoms with Gasteiger partial charge in [-0.1, -0.05) is 29.8 Å². The molecule has 0 spiro atoms. The molecule has 8 nitrogen and oxygen atoms in total. The average molecular weight is 411 g/mol. The van der Waals surface area contributed by atoms with Crippen LogP contribution in [0.15, 0.2) is 48.7 Å². The van der Waals surface area contributed by atoms with E-state index in [0.717, 1.165) is 0 Å². The summed E-state index contributed by atoms with van der Waals surface area (Å²) in [5, 5.41) is 22.4. The second kappa shape index (κ2) is 7.96. The van der Waals surface area contributed by atoms with E-state index in [1.54, 1.807) is 30.3 Å². The minimum Gasteiger partial charge on any atom is -0.478 e. The van der Waals surface area contributed by atoms with Gasteiger partial charge >= 0.3 is 11.9 Å². The number of methoxy groups -OCH3 is 1. The summed E-state index contributed by atoms with van der Waals surface area (Å²) >= 11 is 6.21. The number of nitrogens with two attached hydrogens (primary N) is 1. The van der Waals surface area contributed by atoms with Crippen molar-refractivity contribution in [1.82, 2.24) is 4.57 Å². The van der Waals surface area contributed by atoms with Crippen LogP contribution in [0, 0.1) is 11.3 Å². The summed E-state index contributed by atoms with van der Waals surface area (Å²) in [7, 11) is 1.18. The van der Waals surface area contributed by atoms with Crippen LogP contribution in [-0.4, -0.2) is 28.7 Å². The van der Waals surface area contributed by atoms with E-state index in [4.69, 9.17) is 22.1 Å². The van der Waals surface area contributed by atoms with Gasteiger partial charge in [-0.25, -0.2) is 9.59 Å². The van der Waals surface area contributed by atoms with Crippen molar-refractivity contribution >= 4 is 40.6 Å². The minimum absolute atomic E-state index is 0.0508. The van der Waals surface area contributed by atoms with E-state index < -0.39 is 11.9 Å². The number of nitrogen functional groups attached to an aromatic ring is 1. The maximum atomic E-state index is 12.3. The Morgan fingerprint density at radius 3 is 2.59 bits per heavy atom. The number of nitrogens with one attached hydrogen (secondary N) is 1. The molecule has 3 aromatic rings. The Balaban J connectivity index is 2.31. The van der Waals surface area contributed by atoms with E-state index in [0.29, 0.717) is 10.7 Å². The first kappa shape index (κ1) is 19.8. The number of anilines is 3. The lowest BCUT2D eigenvalue weighted by Gasteiger charge is -2.18. The number of halogens is 1. The van der Waals surface area contributed by atoms with Gasteiger partial charge in [-0.05, 0) is 24.3 Å². The molecule has 3 rings (SSSR count). The molecule has 0 atom stereocenters. The van der Waals surface area contributed by atoms with Gasteiger partial charge in [-0.2, -0.15) is 5.26 Å². The second-order valence-corrected chi connectivity index (χ2v) is 6.30. The smallest absolute Gasteiger partial charge is 0.357 e. The molecule has 146 valence electrons. The van der Waals surface area contributed by atoms with Gasteiger partial charge in [0.25, 0.3) is 0 Å². The van der Waals surface area contributed by atoms with Gasteiger partial charge < -0.3 is 25.5 Å². The highest BCUT2D eigenvalue weighted by Crippen LogP contribution is 2.34. The number of hydrogen-bond acceptors (Lipinski definition) is 6. The third-order valence-corrected chi connectivity index (χ3v) is 4.54. The molecule has 0 aliphatic carbocycles. The number of nitrogens with zero attached hydrogens (tertiary/aromatic N) is 2. The number of nitriles is 1. The molecule has 0 saturated heterocycles. The standard InChI is InChI=1S/C20H15ClN4O4/c1-29-20(28)18-16(23)11(9-22)10-25(18)15-8-4-5-12(19(26)27)17(15)24-14-7-3-2-6-13(14)21/h2-8,10,24H,23H2,1H3,(H,26,27). The van der Waals surface area contributed by atoms with Crippen molar-refractivity contribution in [2.45, 2.75) is 0 Å². The van der Waals surface area contributed by atoms with E-state index in [-0.39, 0.29) is 33.9 Å². The molecule has 1 heterocycles. The summed E-state index contributed by atoms with van der Waals surface area (Å²) < 4.78 is 6.11. The number of esters is 1. The Hall–Kier alpha value is -3.96. The predicted molar refractivity (Wildman–Crippen MR) is 108 cm³/mol. The van der Waals surface area contributed by atoms with Gasteiger partial charge in [0.2, 0.25) is 0 Å². The number of rotatable bonds is 5. The van der Waals surface area contributed by atoms with Crippen molar-refractivity contribution in [3.8, 4) is 11.8 Å². The van der Waals surface area contributed by atoms with Crippen LogP contribution in [0.3, 0.4) is 0 Å². The topological polar surface area (TPSA) is 130 Å². The van der Waals surface area contributed by atoms with Crippen LogP contribution in [0.1, 0.15) is 26.4 Å². The maximum absolute atomic E-state index is 12.3. The fourth-order valence-electron chi connectivity index (χ4n) is 2.85. The van der Waals surface area contributed by atoms with Gasteiger partial charge in [0.05, 0.1) is 46.0 Å². The van der Waals surface area contributed by atoms with Crippen molar-refractivity contribution in [1.29, 1.82) is 5.26 Å². The highest BCUT2D eigenvalue weighted by molar-refractivity contribution is 6.33. The molecular weight excluding hydrogens is 396 g/mol. The van der Waals surface area contributed by atoms with E-state index in [9.17, 15) is 20.0 Å². The number of aromatic nitrogens is 1. The highest BCUT2D eigenvalue weighted by Gasteiger charge is 2.25. The molecule has 4 N–H and O–H groups in total. The summed E-state index contributed by atoms with van der Waals surface area (Å²) in [6.07, 6.45) is 1.35. The number of carbonyl (C=O) groups excluding carboxylic acids is 1. The summed E-state index contributed by atoms with van der Waals surface area (Å²) in [5.41, 5.74) is 6.68. The van der Waals surface area contributed by atoms with Crippen LogP contribution in [0.2, 0.25) is 5.02 Å². The Morgan fingerprint density at radius 2 is 1.97 bits per heavy atom. The summed E-state index contributed by atoms with van der Waals surface area (Å²) in [4.78, 5) is 24.1. The van der Waals surface area contributed by atoms with Crippen LogP contribution in [-0.2, 0) is 4.74 Å². The normalized spacial score (nSPS) is 10.2. The first-order chi connectivity index (χ1) is 13.9. The van der Waals surface area contributed by atoms with Crippen LogP contribution in [0.25, 0.3) is 5.69 Å². The molecule has 0 aliphatic heterocycles. The number of carbonyl (C=O) groups is 2. The number of hydrogen-bond donors (Lipinski definition) is 3. The van der Waals surface area contributed by atoms with Gasteiger partial charge in [0.15, 0.2) is 5.69 Å². The van der Waals surface area contributed by atoms with Gasteiger partial charge in [-0.3, -0.25) is 0 Å². The Kier molecular flexibility index (Phi) is 5.43. The lowest BCUT2D eigenvalue weighted by molar-refractivity contribution is 0.0592. The van der Waals surface area contributed by atoms with Crippen molar-refractivity contribution in [2.24, 2.45) is 0 Å². The van der Waals surface area contributed by atoms with Crippen molar-refractivity contribution in [3.63, 3.8) is 0 Å². The molecule has 29 heavy (non-hydrogen) atoms. The molecule has 9 heteroatoms. The average Bonchev–Trinajstić information content (AvgIpc) is 3.05. The fourth-order valence-corrected chi connectivity index (χ4v) is 3.04. The van der Waals surface area contributed by atoms with Gasteiger partial charge in [0, 0.05) is 6.20 Å². The summed E-state index contributed by atoms with van der Waals surface area (Å²) in [6, 6.07) is 13.2. The van der Waals surface area contributed by atoms with E-state index in [2.05, 4.69) is 5.32 Å². The Bertz CT molecular complexity index is 1160. The summed E-state index contributed by atoms with van der Waals surface area (Å²) in [5.74, 6) is -1.96. The third-order valence-electron chi connectivity index (χ3n) is 4.21. The molecule has 0 fully saturated rings. The molecule has 0 amide bonds. The van der Waals surface area contributed by atoms with Gasteiger partial charge in [0.1, 0.15) is 6.07 Å². The molecule has 2 aromatic carbocycles. The zero-order valence-electron chi connectivity index (χ0n) is 15.1. The molecule has 0 unspecified atom stereocenters. The first-order valence-corrected chi connectivity index (χ1v) is 8.64. The SMILES string of the molecule is COC(=O)c1c(N)c(C#N)cn1-c1cccc(C(=O)O)c1Nc1ccccc1Cl. The minimum atomic E-state index is -1.19. The van der Waals surface area contributed by atoms with Crippen molar-refractivity contribution in [2.75, 3.05) is 18.2 Å². The zero-order chi connectivity index (χ0) is 21.1. The highest BCUT2D eigenvalue weighted by atomic mass is 35.5. The second-order valence-electron chi connectivity index (χ2n) is 5.89. The number of aromatic carboxylic acids is 1. The molecular formula is C20H15ClN4O4. The number of para-hydroxylation sites is 2. The van der Waals surface area contributed by atoms with Crippen LogP contribution in [0.4, 0.5) is 17.1 Å². The number of carboxylic acids is 1. The Morgan fingerprint density at radius 1 is 1.24 bits per heavy atom. The quantitative estimate of drug-likeness (QED) is 0.545. The number of benzene rings is 2. The van der Waals surface area contributed by atoms with E-state index >= 15 is 0 Å². The lowest BCUT2D eigenvalue weighted by Crippen LogP contribution is -2.13. The van der Waals surface area contributed by atoms with Crippen LogP contribution >= 0.6 is 11.6 Å². The van der Waals surface area contributed by atoms with Crippen LogP contribution in [0.5, 0.6) is 0 Å². The first-order valence-electron chi connectivity index (χ1n) is 8.26. The number of ether oxygens (including phenoxy) is 1. The molecule has 0 bridgehead atoms. The maximum Gasteiger partial charge on any atom is 0.357 e. The predicted octanol–water partition coefficient (Wildman–Crippen LogP) is 3.81. The molecule has 0 radical (unpaired) electrons. The summed E-state index contributed by atoms with van der Waals surface area (Å²) in [6.45, 7) is 0. The fraction of sp³-hybridized carbons (Fsp3) is 0.0500. The third kappa shape index (κ3) is 3.59. The molecule has 0 saturated carbocycles. The van der Waals surface area contributed by atoms with Crippen LogP contribution < -0.4 is 11.1 Å². The van der Waals surface area contributed by atoms with Crippen molar-refractivity contribution < 1.29 is 19.4 Å². The molecule has 0 aliphatic rings. The monoisotopic (exact) mass is 410 g/mol. The van der Waals surface area contributed by atoms with Crippen molar-refractivity contribution in [3.05, 3.63) is 70.5 Å². The lowest BCUT2D eigenvalue weighted by atomic mass is 10.1. The largest absolute Gasteiger partial charge is 0.478 e.